The van der Waals surface area contributed by atoms with Crippen LogP contribution in [0.2, 0.25) is 0 Å². The van der Waals surface area contributed by atoms with E-state index in [0.717, 1.165) is 12.1 Å². The van der Waals surface area contributed by atoms with Crippen molar-refractivity contribution in [1.29, 1.82) is 5.26 Å². The fraction of sp³-hybridized carbons (Fsp3) is 0.125. The first-order valence-corrected chi connectivity index (χ1v) is 4.00. The van der Waals surface area contributed by atoms with Gasteiger partial charge in [-0.25, -0.2) is 0 Å². The fourth-order valence-corrected chi connectivity index (χ4v) is 1.31. The molecule has 0 saturated carbocycles. The highest BCUT2D eigenvalue weighted by Gasteiger charge is 2.30. The Morgan fingerprint density at radius 1 is 1.23 bits per heavy atom. The van der Waals surface area contributed by atoms with E-state index in [1.54, 1.807) is 6.07 Å². The third-order valence-electron chi connectivity index (χ3n) is 1.35. The maximum atomic E-state index is 12.2. The van der Waals surface area contributed by atoms with Gasteiger partial charge in [-0.3, -0.25) is 0 Å². The minimum Gasteiger partial charge on any atom is -0.192 e. The number of nitrogens with zero attached hydrogens (tertiary/aromatic N) is 1. The Bertz CT molecular complexity index is 365. The number of benzene rings is 1. The maximum Gasteiger partial charge on any atom is 0.416 e. The van der Waals surface area contributed by atoms with E-state index in [9.17, 15) is 13.2 Å². The van der Waals surface area contributed by atoms with E-state index in [-0.39, 0.29) is 10.0 Å². The van der Waals surface area contributed by atoms with Crippen molar-refractivity contribution in [3.8, 4) is 6.07 Å². The fourth-order valence-electron chi connectivity index (χ4n) is 0.818. The van der Waals surface area contributed by atoms with Gasteiger partial charge in [0.05, 0.1) is 17.2 Å². The SMILES string of the molecule is N#Cc1cc(Br)cc(C(F)(F)F)c1. The molecule has 0 spiro atoms. The summed E-state index contributed by atoms with van der Waals surface area (Å²) in [6.45, 7) is 0. The zero-order valence-corrected chi connectivity index (χ0v) is 7.78. The van der Waals surface area contributed by atoms with E-state index < -0.39 is 11.7 Å². The van der Waals surface area contributed by atoms with Gasteiger partial charge < -0.3 is 0 Å². The normalized spacial score (nSPS) is 11.0. The first-order valence-electron chi connectivity index (χ1n) is 3.21. The molecular weight excluding hydrogens is 247 g/mol. The summed E-state index contributed by atoms with van der Waals surface area (Å²) in [6.07, 6.45) is -4.41. The third kappa shape index (κ3) is 2.46. The van der Waals surface area contributed by atoms with Crippen LogP contribution >= 0.6 is 15.9 Å². The van der Waals surface area contributed by atoms with Crippen LogP contribution in [0, 0.1) is 11.3 Å². The lowest BCUT2D eigenvalue weighted by Crippen LogP contribution is -2.04. The quantitative estimate of drug-likeness (QED) is 0.692. The molecular formula is C8H3BrF3N. The topological polar surface area (TPSA) is 23.8 Å². The molecule has 0 heterocycles. The number of hydrogen-bond donors (Lipinski definition) is 0. The number of nitriles is 1. The highest BCUT2D eigenvalue weighted by molar-refractivity contribution is 9.10. The van der Waals surface area contributed by atoms with Gasteiger partial charge in [0, 0.05) is 4.47 Å². The van der Waals surface area contributed by atoms with Crippen molar-refractivity contribution in [3.63, 3.8) is 0 Å². The lowest BCUT2D eigenvalue weighted by Gasteiger charge is -2.06. The summed E-state index contributed by atoms with van der Waals surface area (Å²) < 4.78 is 36.7. The summed E-state index contributed by atoms with van der Waals surface area (Å²) in [5.41, 5.74) is -0.833. The molecule has 0 saturated heterocycles. The Kier molecular flexibility index (Phi) is 2.62. The number of rotatable bonds is 0. The maximum absolute atomic E-state index is 12.2. The predicted molar refractivity (Wildman–Crippen MR) is 43.9 cm³/mol. The van der Waals surface area contributed by atoms with E-state index in [4.69, 9.17) is 5.26 Å². The highest BCUT2D eigenvalue weighted by Crippen LogP contribution is 2.31. The van der Waals surface area contributed by atoms with Gasteiger partial charge in [-0.05, 0) is 18.2 Å². The Morgan fingerprint density at radius 3 is 2.31 bits per heavy atom. The second-order valence-electron chi connectivity index (χ2n) is 2.34. The van der Waals surface area contributed by atoms with Crippen LogP contribution in [0.4, 0.5) is 13.2 Å². The molecule has 1 aromatic carbocycles. The van der Waals surface area contributed by atoms with Crippen LogP contribution < -0.4 is 0 Å². The molecule has 0 atom stereocenters. The molecule has 13 heavy (non-hydrogen) atoms. The predicted octanol–water partition coefficient (Wildman–Crippen LogP) is 3.34. The van der Waals surface area contributed by atoms with Crippen LogP contribution in [0.5, 0.6) is 0 Å². The standard InChI is InChI=1S/C8H3BrF3N/c9-7-2-5(4-13)1-6(3-7)8(10,11)12/h1-3H. The van der Waals surface area contributed by atoms with E-state index in [2.05, 4.69) is 15.9 Å². The molecule has 1 aromatic rings. The first kappa shape index (κ1) is 10.1. The molecule has 0 aromatic heterocycles. The molecule has 0 N–H and O–H groups in total. The zero-order valence-electron chi connectivity index (χ0n) is 6.19. The molecule has 0 unspecified atom stereocenters. The van der Waals surface area contributed by atoms with E-state index in [1.807, 2.05) is 0 Å². The number of hydrogen-bond acceptors (Lipinski definition) is 1. The Labute approximate surface area is 80.9 Å². The lowest BCUT2D eigenvalue weighted by molar-refractivity contribution is -0.137. The minimum absolute atomic E-state index is 0.0123. The van der Waals surface area contributed by atoms with Gasteiger partial charge in [0.25, 0.3) is 0 Å². The molecule has 68 valence electrons. The van der Waals surface area contributed by atoms with Gasteiger partial charge in [-0.15, -0.1) is 0 Å². The second-order valence-corrected chi connectivity index (χ2v) is 3.25. The number of halogens is 4. The van der Waals surface area contributed by atoms with Gasteiger partial charge in [0.1, 0.15) is 0 Å². The highest BCUT2D eigenvalue weighted by atomic mass is 79.9. The molecule has 0 aliphatic heterocycles. The van der Waals surface area contributed by atoms with Crippen LogP contribution in [-0.2, 0) is 6.18 Å². The van der Waals surface area contributed by atoms with Crippen molar-refractivity contribution < 1.29 is 13.2 Å². The van der Waals surface area contributed by atoms with Gasteiger partial charge in [0.2, 0.25) is 0 Å². The third-order valence-corrected chi connectivity index (χ3v) is 1.81. The summed E-state index contributed by atoms with van der Waals surface area (Å²) in [5.74, 6) is 0. The molecule has 0 aliphatic carbocycles. The summed E-state index contributed by atoms with van der Waals surface area (Å²) >= 11 is 2.90. The molecule has 0 fully saturated rings. The van der Waals surface area contributed by atoms with Crippen molar-refractivity contribution in [2.24, 2.45) is 0 Å². The monoisotopic (exact) mass is 249 g/mol. The summed E-state index contributed by atoms with van der Waals surface area (Å²) in [4.78, 5) is 0. The smallest absolute Gasteiger partial charge is 0.192 e. The van der Waals surface area contributed by atoms with Crippen LogP contribution in [0.25, 0.3) is 0 Å². The van der Waals surface area contributed by atoms with Gasteiger partial charge >= 0.3 is 6.18 Å². The average Bonchev–Trinajstić information content (AvgIpc) is 2.01. The van der Waals surface area contributed by atoms with Crippen molar-refractivity contribution >= 4 is 15.9 Å². The van der Waals surface area contributed by atoms with E-state index in [0.29, 0.717) is 0 Å². The van der Waals surface area contributed by atoms with Crippen LogP contribution in [0.1, 0.15) is 11.1 Å². The molecule has 0 radical (unpaired) electrons. The van der Waals surface area contributed by atoms with Crippen molar-refractivity contribution in [1.82, 2.24) is 0 Å². The summed E-state index contributed by atoms with van der Waals surface area (Å²) in [5, 5.41) is 8.41. The van der Waals surface area contributed by atoms with Crippen molar-refractivity contribution in [2.75, 3.05) is 0 Å². The zero-order chi connectivity index (χ0) is 10.1. The summed E-state index contributed by atoms with van der Waals surface area (Å²) in [7, 11) is 0. The molecule has 0 amide bonds. The van der Waals surface area contributed by atoms with Crippen molar-refractivity contribution in [3.05, 3.63) is 33.8 Å². The Hall–Kier alpha value is -1.02. The number of alkyl halides is 3. The van der Waals surface area contributed by atoms with Gasteiger partial charge in [-0.1, -0.05) is 15.9 Å². The minimum atomic E-state index is -4.41. The molecule has 0 bridgehead atoms. The largest absolute Gasteiger partial charge is 0.416 e. The lowest BCUT2D eigenvalue weighted by atomic mass is 10.1. The van der Waals surface area contributed by atoms with Crippen LogP contribution in [0.15, 0.2) is 22.7 Å². The summed E-state index contributed by atoms with van der Waals surface area (Å²) in [6, 6.07) is 4.72. The Balaban J connectivity index is 3.26. The molecule has 5 heteroatoms. The second kappa shape index (κ2) is 3.38. The van der Waals surface area contributed by atoms with E-state index in [1.165, 1.54) is 6.07 Å². The van der Waals surface area contributed by atoms with Gasteiger partial charge in [0.15, 0.2) is 0 Å². The van der Waals surface area contributed by atoms with Crippen molar-refractivity contribution in [2.45, 2.75) is 6.18 Å². The average molecular weight is 250 g/mol. The molecule has 1 nitrogen and oxygen atoms in total. The van der Waals surface area contributed by atoms with Gasteiger partial charge in [-0.2, -0.15) is 18.4 Å². The van der Waals surface area contributed by atoms with Crippen LogP contribution in [0.3, 0.4) is 0 Å². The van der Waals surface area contributed by atoms with E-state index >= 15 is 0 Å². The molecule has 1 rings (SSSR count). The Morgan fingerprint density at radius 2 is 1.85 bits per heavy atom. The first-order chi connectivity index (χ1) is 5.93. The molecule has 0 aliphatic rings. The van der Waals surface area contributed by atoms with Crippen LogP contribution in [-0.4, -0.2) is 0 Å².